The van der Waals surface area contributed by atoms with E-state index in [2.05, 4.69) is 39.5 Å². The first-order valence-corrected chi connectivity index (χ1v) is 7.29. The molecule has 2 N–H and O–H groups in total. The Labute approximate surface area is 145 Å². The first-order chi connectivity index (χ1) is 9.76. The minimum Gasteiger partial charge on any atom is -0.355 e. The first-order valence-electron chi connectivity index (χ1n) is 7.29. The molecular formula is C15H28IN5. The molecule has 0 amide bonds. The molecule has 5 nitrogen and oxygen atoms in total. The highest BCUT2D eigenvalue weighted by Gasteiger charge is 2.00. The average Bonchev–Trinajstić information content (AvgIpc) is 2.49. The average molecular weight is 405 g/mol. The molecular weight excluding hydrogens is 377 g/mol. The van der Waals surface area contributed by atoms with Crippen LogP contribution in [0.3, 0.4) is 0 Å². The Kier molecular flexibility index (Phi) is 12.3. The third-order valence-electron chi connectivity index (χ3n) is 3.07. The van der Waals surface area contributed by atoms with E-state index in [0.29, 0.717) is 6.54 Å². The highest BCUT2D eigenvalue weighted by Crippen LogP contribution is 1.92. The van der Waals surface area contributed by atoms with Gasteiger partial charge in [-0.05, 0) is 32.1 Å². The van der Waals surface area contributed by atoms with Crippen LogP contribution in [-0.2, 0) is 6.54 Å². The fourth-order valence-corrected chi connectivity index (χ4v) is 1.80. The molecule has 0 aliphatic rings. The summed E-state index contributed by atoms with van der Waals surface area (Å²) in [5.74, 6) is 0.819. The van der Waals surface area contributed by atoms with E-state index >= 15 is 0 Å². The molecule has 0 atom stereocenters. The maximum Gasteiger partial charge on any atom is 0.191 e. The van der Waals surface area contributed by atoms with E-state index in [4.69, 9.17) is 0 Å². The van der Waals surface area contributed by atoms with Crippen LogP contribution in [0.4, 0.5) is 0 Å². The van der Waals surface area contributed by atoms with Crippen molar-refractivity contribution in [3.05, 3.63) is 30.1 Å². The molecule has 0 fully saturated rings. The number of halogens is 1. The molecule has 1 heterocycles. The van der Waals surface area contributed by atoms with Gasteiger partial charge in [0.25, 0.3) is 0 Å². The topological polar surface area (TPSA) is 52.5 Å². The molecule has 1 aromatic rings. The van der Waals surface area contributed by atoms with Crippen LogP contribution < -0.4 is 10.6 Å². The number of nitrogens with one attached hydrogen (secondary N) is 2. The van der Waals surface area contributed by atoms with Crippen molar-refractivity contribution in [3.63, 3.8) is 0 Å². The molecule has 0 saturated carbocycles. The van der Waals surface area contributed by atoms with Gasteiger partial charge in [-0.1, -0.05) is 19.4 Å². The van der Waals surface area contributed by atoms with Gasteiger partial charge in [0, 0.05) is 26.3 Å². The predicted octanol–water partition coefficient (Wildman–Crippen LogP) is 2.10. The highest BCUT2D eigenvalue weighted by molar-refractivity contribution is 14.0. The summed E-state index contributed by atoms with van der Waals surface area (Å²) in [6, 6.07) is 5.91. The summed E-state index contributed by atoms with van der Waals surface area (Å²) in [7, 11) is 3.94. The normalized spacial score (nSPS) is 11.1. The van der Waals surface area contributed by atoms with Crippen LogP contribution in [0, 0.1) is 0 Å². The van der Waals surface area contributed by atoms with E-state index in [1.54, 1.807) is 13.2 Å². The Morgan fingerprint density at radius 3 is 2.71 bits per heavy atom. The summed E-state index contributed by atoms with van der Waals surface area (Å²) >= 11 is 0. The second-order valence-corrected chi connectivity index (χ2v) is 4.83. The molecule has 0 aliphatic carbocycles. The van der Waals surface area contributed by atoms with Gasteiger partial charge >= 0.3 is 0 Å². The third kappa shape index (κ3) is 9.62. The lowest BCUT2D eigenvalue weighted by molar-refractivity contribution is 0.332. The largest absolute Gasteiger partial charge is 0.355 e. The quantitative estimate of drug-likeness (QED) is 0.395. The predicted molar refractivity (Wildman–Crippen MR) is 100 cm³/mol. The second-order valence-electron chi connectivity index (χ2n) is 4.83. The molecule has 0 unspecified atom stereocenters. The summed E-state index contributed by atoms with van der Waals surface area (Å²) in [4.78, 5) is 10.8. The van der Waals surface area contributed by atoms with E-state index in [1.165, 1.54) is 12.8 Å². The smallest absolute Gasteiger partial charge is 0.191 e. The van der Waals surface area contributed by atoms with Crippen LogP contribution in [0.5, 0.6) is 0 Å². The van der Waals surface area contributed by atoms with E-state index in [9.17, 15) is 0 Å². The third-order valence-corrected chi connectivity index (χ3v) is 3.07. The van der Waals surface area contributed by atoms with Crippen LogP contribution in [-0.4, -0.2) is 49.6 Å². The zero-order valence-corrected chi connectivity index (χ0v) is 15.6. The Morgan fingerprint density at radius 1 is 1.29 bits per heavy atom. The number of aliphatic imine (C=N–C) groups is 1. The molecule has 0 bridgehead atoms. The molecule has 0 aromatic carbocycles. The van der Waals surface area contributed by atoms with E-state index < -0.39 is 0 Å². The molecule has 6 heteroatoms. The van der Waals surface area contributed by atoms with Crippen molar-refractivity contribution in [1.29, 1.82) is 0 Å². The molecule has 1 rings (SSSR count). The number of aromatic nitrogens is 1. The standard InChI is InChI=1S/C15H27N5.HI/c1-4-5-11-20(3)12-10-18-15(16-2)19-13-14-8-6-7-9-17-14;/h6-9H,4-5,10-13H2,1-3H3,(H2,16,18,19);1H. The molecule has 1 aromatic heterocycles. The SMILES string of the molecule is CCCCN(C)CCNC(=NC)NCc1ccccn1.I. The monoisotopic (exact) mass is 405 g/mol. The fraction of sp³-hybridized carbons (Fsp3) is 0.600. The molecule has 0 radical (unpaired) electrons. The summed E-state index contributed by atoms with van der Waals surface area (Å²) in [5, 5.41) is 6.58. The minimum absolute atomic E-state index is 0. The Morgan fingerprint density at radius 2 is 2.10 bits per heavy atom. The lowest BCUT2D eigenvalue weighted by Gasteiger charge is -2.17. The van der Waals surface area contributed by atoms with E-state index in [1.807, 2.05) is 18.2 Å². The van der Waals surface area contributed by atoms with Gasteiger partial charge < -0.3 is 15.5 Å². The maximum atomic E-state index is 4.27. The van der Waals surface area contributed by atoms with Crippen molar-refractivity contribution in [2.45, 2.75) is 26.3 Å². The van der Waals surface area contributed by atoms with E-state index in [0.717, 1.165) is 31.3 Å². The van der Waals surface area contributed by atoms with Crippen LogP contribution in [0.25, 0.3) is 0 Å². The van der Waals surface area contributed by atoms with Crippen LogP contribution in [0.1, 0.15) is 25.5 Å². The Hall–Kier alpha value is -0.890. The number of hydrogen-bond acceptors (Lipinski definition) is 3. The lowest BCUT2D eigenvalue weighted by Crippen LogP contribution is -2.40. The number of likely N-dealkylation sites (N-methyl/N-ethyl adjacent to an activating group) is 1. The summed E-state index contributed by atoms with van der Waals surface area (Å²) in [5.41, 5.74) is 1.01. The Balaban J connectivity index is 0.00000400. The molecule has 0 spiro atoms. The second kappa shape index (κ2) is 12.8. The van der Waals surface area contributed by atoms with Crippen molar-refractivity contribution >= 4 is 29.9 Å². The van der Waals surface area contributed by atoms with Gasteiger partial charge in [0.2, 0.25) is 0 Å². The van der Waals surface area contributed by atoms with Crippen LogP contribution in [0.2, 0.25) is 0 Å². The summed E-state index contributed by atoms with van der Waals surface area (Å²) in [6.45, 7) is 5.96. The number of rotatable bonds is 8. The van der Waals surface area contributed by atoms with Gasteiger partial charge in [0.15, 0.2) is 5.96 Å². The van der Waals surface area contributed by atoms with Gasteiger partial charge in [-0.2, -0.15) is 0 Å². The van der Waals surface area contributed by atoms with Gasteiger partial charge in [0.05, 0.1) is 12.2 Å². The zero-order valence-electron chi connectivity index (χ0n) is 13.3. The van der Waals surface area contributed by atoms with E-state index in [-0.39, 0.29) is 24.0 Å². The van der Waals surface area contributed by atoms with Gasteiger partial charge in [0.1, 0.15) is 0 Å². The molecule has 120 valence electrons. The summed E-state index contributed by atoms with van der Waals surface area (Å²) in [6.07, 6.45) is 4.30. The molecule has 0 saturated heterocycles. The van der Waals surface area contributed by atoms with Gasteiger partial charge in [-0.15, -0.1) is 24.0 Å². The van der Waals surface area contributed by atoms with Crippen molar-refractivity contribution in [2.75, 3.05) is 33.7 Å². The Bertz CT molecular complexity index is 383. The van der Waals surface area contributed by atoms with Gasteiger partial charge in [-0.3, -0.25) is 9.98 Å². The number of guanidine groups is 1. The van der Waals surface area contributed by atoms with Crippen molar-refractivity contribution in [2.24, 2.45) is 4.99 Å². The van der Waals surface area contributed by atoms with Gasteiger partial charge in [-0.25, -0.2) is 0 Å². The lowest BCUT2D eigenvalue weighted by atomic mass is 10.3. The number of hydrogen-bond donors (Lipinski definition) is 2. The zero-order chi connectivity index (χ0) is 14.6. The maximum absolute atomic E-state index is 4.27. The number of unbranched alkanes of at least 4 members (excludes halogenated alkanes) is 1. The highest BCUT2D eigenvalue weighted by atomic mass is 127. The summed E-state index contributed by atoms with van der Waals surface area (Å²) < 4.78 is 0. The minimum atomic E-state index is 0. The van der Waals surface area contributed by atoms with Crippen LogP contribution >= 0.6 is 24.0 Å². The van der Waals surface area contributed by atoms with Crippen LogP contribution in [0.15, 0.2) is 29.4 Å². The molecule has 21 heavy (non-hydrogen) atoms. The fourth-order valence-electron chi connectivity index (χ4n) is 1.80. The van der Waals surface area contributed by atoms with Crippen molar-refractivity contribution in [1.82, 2.24) is 20.5 Å². The molecule has 0 aliphatic heterocycles. The number of pyridine rings is 1. The number of nitrogens with zero attached hydrogens (tertiary/aromatic N) is 3. The van der Waals surface area contributed by atoms with Crippen molar-refractivity contribution in [3.8, 4) is 0 Å². The first kappa shape index (κ1) is 20.1. The van der Waals surface area contributed by atoms with Crippen molar-refractivity contribution < 1.29 is 0 Å².